The molecule has 0 aliphatic rings. The normalized spacial score (nSPS) is 11.9. The Morgan fingerprint density at radius 2 is 2.15 bits per heavy atom. The van der Waals surface area contributed by atoms with Gasteiger partial charge in [0.25, 0.3) is 0 Å². The minimum Gasteiger partial charge on any atom is -0.461 e. The minimum atomic E-state index is -0.425. The van der Waals surface area contributed by atoms with Crippen LogP contribution in [0.5, 0.6) is 0 Å². The molecule has 0 aliphatic carbocycles. The molecule has 0 fully saturated rings. The molecule has 0 saturated heterocycles. The summed E-state index contributed by atoms with van der Waals surface area (Å²) in [6.45, 7) is 4.02. The number of hydrogen-bond acceptors (Lipinski definition) is 5. The summed E-state index contributed by atoms with van der Waals surface area (Å²) in [6.07, 6.45) is 0. The fourth-order valence-electron chi connectivity index (χ4n) is 1.66. The Morgan fingerprint density at radius 3 is 2.80 bits per heavy atom. The second kappa shape index (κ2) is 6.47. The zero-order chi connectivity index (χ0) is 14.5. The number of benzene rings is 1. The monoisotopic (exact) mass is 294 g/mol. The van der Waals surface area contributed by atoms with E-state index < -0.39 is 5.97 Å². The van der Waals surface area contributed by atoms with Crippen LogP contribution in [0.25, 0.3) is 0 Å². The van der Waals surface area contributed by atoms with Gasteiger partial charge in [-0.2, -0.15) is 0 Å². The standard InChI is InChI=1S/C14H15FN2O2S/c1-3-19-13(18)12-8-20-14(17-12)16-9(2)10-4-6-11(15)7-5-10/h4-9H,3H2,1-2H3,(H,16,17). The maximum absolute atomic E-state index is 12.9. The summed E-state index contributed by atoms with van der Waals surface area (Å²) in [6, 6.07) is 6.23. The van der Waals surface area contributed by atoms with Crippen molar-refractivity contribution in [2.24, 2.45) is 0 Å². The van der Waals surface area contributed by atoms with E-state index in [4.69, 9.17) is 4.74 Å². The number of aromatic nitrogens is 1. The third-order valence-electron chi connectivity index (χ3n) is 2.70. The van der Waals surface area contributed by atoms with E-state index in [1.807, 2.05) is 6.92 Å². The van der Waals surface area contributed by atoms with E-state index in [0.717, 1.165) is 5.56 Å². The largest absolute Gasteiger partial charge is 0.461 e. The summed E-state index contributed by atoms with van der Waals surface area (Å²) < 4.78 is 17.7. The summed E-state index contributed by atoms with van der Waals surface area (Å²) in [5.41, 5.74) is 1.24. The van der Waals surface area contributed by atoms with Crippen molar-refractivity contribution in [3.63, 3.8) is 0 Å². The molecule has 1 aromatic carbocycles. The first kappa shape index (κ1) is 14.5. The van der Waals surface area contributed by atoms with Crippen molar-refractivity contribution in [1.29, 1.82) is 0 Å². The minimum absolute atomic E-state index is 0.0307. The van der Waals surface area contributed by atoms with Gasteiger partial charge in [-0.1, -0.05) is 12.1 Å². The first-order valence-electron chi connectivity index (χ1n) is 6.24. The number of esters is 1. The van der Waals surface area contributed by atoms with Gasteiger partial charge >= 0.3 is 5.97 Å². The smallest absolute Gasteiger partial charge is 0.357 e. The van der Waals surface area contributed by atoms with E-state index in [9.17, 15) is 9.18 Å². The van der Waals surface area contributed by atoms with Gasteiger partial charge in [-0.25, -0.2) is 14.2 Å². The number of nitrogens with zero attached hydrogens (tertiary/aromatic N) is 1. The third kappa shape index (κ3) is 3.54. The number of rotatable bonds is 5. The van der Waals surface area contributed by atoms with Crippen molar-refractivity contribution in [2.45, 2.75) is 19.9 Å². The molecule has 0 bridgehead atoms. The van der Waals surface area contributed by atoms with Gasteiger partial charge in [-0.05, 0) is 31.5 Å². The molecule has 0 amide bonds. The summed E-state index contributed by atoms with van der Waals surface area (Å²) in [5.74, 6) is -0.689. The van der Waals surface area contributed by atoms with Crippen LogP contribution in [0, 0.1) is 5.82 Å². The summed E-state index contributed by atoms with van der Waals surface area (Å²) >= 11 is 1.33. The average molecular weight is 294 g/mol. The number of halogens is 1. The van der Waals surface area contributed by atoms with Crippen molar-refractivity contribution in [2.75, 3.05) is 11.9 Å². The molecule has 0 aliphatic heterocycles. The van der Waals surface area contributed by atoms with E-state index in [0.29, 0.717) is 17.4 Å². The first-order chi connectivity index (χ1) is 9.60. The highest BCUT2D eigenvalue weighted by atomic mass is 32.1. The fraction of sp³-hybridized carbons (Fsp3) is 0.286. The molecule has 20 heavy (non-hydrogen) atoms. The van der Waals surface area contributed by atoms with Gasteiger partial charge < -0.3 is 10.1 Å². The number of carbonyl (C=O) groups is 1. The quantitative estimate of drug-likeness (QED) is 0.856. The zero-order valence-corrected chi connectivity index (χ0v) is 12.0. The molecule has 0 saturated carbocycles. The topological polar surface area (TPSA) is 51.2 Å². The number of ether oxygens (including phenoxy) is 1. The summed E-state index contributed by atoms with van der Waals surface area (Å²) in [7, 11) is 0. The van der Waals surface area contributed by atoms with Crippen molar-refractivity contribution in [1.82, 2.24) is 4.98 Å². The van der Waals surface area contributed by atoms with Crippen LogP contribution in [0.4, 0.5) is 9.52 Å². The van der Waals surface area contributed by atoms with Gasteiger partial charge in [-0.3, -0.25) is 0 Å². The van der Waals surface area contributed by atoms with Crippen LogP contribution in [-0.4, -0.2) is 17.6 Å². The molecule has 2 rings (SSSR count). The SMILES string of the molecule is CCOC(=O)c1csc(NC(C)c2ccc(F)cc2)n1. The molecule has 4 nitrogen and oxygen atoms in total. The second-order valence-electron chi connectivity index (χ2n) is 4.18. The third-order valence-corrected chi connectivity index (χ3v) is 3.47. The molecule has 1 heterocycles. The molecule has 1 atom stereocenters. The Labute approximate surface area is 120 Å². The number of hydrogen-bond donors (Lipinski definition) is 1. The second-order valence-corrected chi connectivity index (χ2v) is 5.03. The Hall–Kier alpha value is -1.95. The maximum atomic E-state index is 12.9. The lowest BCUT2D eigenvalue weighted by Crippen LogP contribution is -2.08. The van der Waals surface area contributed by atoms with Crippen LogP contribution in [0.3, 0.4) is 0 Å². The predicted octanol–water partition coefficient (Wildman–Crippen LogP) is 3.63. The zero-order valence-electron chi connectivity index (χ0n) is 11.2. The average Bonchev–Trinajstić information content (AvgIpc) is 2.88. The van der Waals surface area contributed by atoms with Crippen molar-refractivity contribution < 1.29 is 13.9 Å². The number of anilines is 1. The van der Waals surface area contributed by atoms with Crippen LogP contribution in [0.1, 0.15) is 35.9 Å². The maximum Gasteiger partial charge on any atom is 0.357 e. The molecule has 0 spiro atoms. The lowest BCUT2D eigenvalue weighted by Gasteiger charge is -2.12. The molecular weight excluding hydrogens is 279 g/mol. The lowest BCUT2D eigenvalue weighted by molar-refractivity contribution is 0.0520. The fourth-order valence-corrected chi connectivity index (χ4v) is 2.43. The lowest BCUT2D eigenvalue weighted by atomic mass is 10.1. The highest BCUT2D eigenvalue weighted by Crippen LogP contribution is 2.23. The van der Waals surface area contributed by atoms with E-state index in [2.05, 4.69) is 10.3 Å². The Balaban J connectivity index is 2.03. The highest BCUT2D eigenvalue weighted by Gasteiger charge is 2.13. The Bertz CT molecular complexity index is 583. The molecule has 1 unspecified atom stereocenters. The van der Waals surface area contributed by atoms with Crippen LogP contribution >= 0.6 is 11.3 Å². The van der Waals surface area contributed by atoms with Gasteiger partial charge in [-0.15, -0.1) is 11.3 Å². The van der Waals surface area contributed by atoms with E-state index in [-0.39, 0.29) is 11.9 Å². The van der Waals surface area contributed by atoms with Crippen LogP contribution < -0.4 is 5.32 Å². The Kier molecular flexibility index (Phi) is 4.68. The number of carbonyl (C=O) groups excluding carboxylic acids is 1. The van der Waals surface area contributed by atoms with E-state index in [1.54, 1.807) is 24.4 Å². The van der Waals surface area contributed by atoms with E-state index in [1.165, 1.54) is 23.5 Å². The van der Waals surface area contributed by atoms with Crippen molar-refractivity contribution >= 4 is 22.4 Å². The van der Waals surface area contributed by atoms with Crippen LogP contribution in [0.15, 0.2) is 29.6 Å². The highest BCUT2D eigenvalue weighted by molar-refractivity contribution is 7.13. The van der Waals surface area contributed by atoms with Gasteiger partial charge in [0, 0.05) is 5.38 Å². The number of thiazole rings is 1. The van der Waals surface area contributed by atoms with Crippen LogP contribution in [-0.2, 0) is 4.74 Å². The van der Waals surface area contributed by atoms with Gasteiger partial charge in [0.1, 0.15) is 5.82 Å². The van der Waals surface area contributed by atoms with Gasteiger partial charge in [0.2, 0.25) is 0 Å². The summed E-state index contributed by atoms with van der Waals surface area (Å²) in [5, 5.41) is 5.45. The number of nitrogens with one attached hydrogen (secondary N) is 1. The van der Waals surface area contributed by atoms with Gasteiger partial charge in [0.15, 0.2) is 10.8 Å². The molecule has 1 N–H and O–H groups in total. The van der Waals surface area contributed by atoms with Crippen molar-refractivity contribution in [3.8, 4) is 0 Å². The summed E-state index contributed by atoms with van der Waals surface area (Å²) in [4.78, 5) is 15.7. The molecule has 106 valence electrons. The molecule has 2 aromatic rings. The molecule has 6 heteroatoms. The van der Waals surface area contributed by atoms with Crippen LogP contribution in [0.2, 0.25) is 0 Å². The van der Waals surface area contributed by atoms with Crippen molar-refractivity contribution in [3.05, 3.63) is 46.7 Å². The van der Waals surface area contributed by atoms with E-state index >= 15 is 0 Å². The molecule has 0 radical (unpaired) electrons. The Morgan fingerprint density at radius 1 is 1.45 bits per heavy atom. The predicted molar refractivity (Wildman–Crippen MR) is 76.5 cm³/mol. The molecule has 1 aromatic heterocycles. The molecular formula is C14H15FN2O2S. The first-order valence-corrected chi connectivity index (χ1v) is 7.12. The van der Waals surface area contributed by atoms with Gasteiger partial charge in [0.05, 0.1) is 12.6 Å².